The number of aliphatic hydroxyl groups excluding tert-OH is 2. The number of thiazole rings is 1. The molecule has 1 atom stereocenters. The maximum Gasteiger partial charge on any atom is 0.250 e. The number of hydrogen-bond donors (Lipinski definition) is 4. The van der Waals surface area contributed by atoms with E-state index in [1.54, 1.807) is 12.3 Å². The molecule has 0 aromatic carbocycles. The summed E-state index contributed by atoms with van der Waals surface area (Å²) in [5.74, 6) is -0.206. The molecule has 25 heavy (non-hydrogen) atoms. The molecule has 12 heteroatoms. The minimum absolute atomic E-state index is 0.103. The molecular weight excluding hydrogens is 454 g/mol. The highest BCUT2D eigenvalue weighted by Gasteiger charge is 2.21. The van der Waals surface area contributed by atoms with Gasteiger partial charge < -0.3 is 15.5 Å². The molecular formula is C13H16BrN3O5S3. The Hall–Kier alpha value is -0.890. The topological polar surface area (TPSA) is 129 Å². The molecule has 2 rings (SSSR count). The van der Waals surface area contributed by atoms with Crippen molar-refractivity contribution in [2.45, 2.75) is 23.7 Å². The molecule has 1 unspecified atom stereocenters. The van der Waals surface area contributed by atoms with Crippen LogP contribution in [-0.2, 0) is 21.2 Å². The maximum absolute atomic E-state index is 12.2. The Morgan fingerprint density at radius 2 is 2.16 bits per heavy atom. The van der Waals surface area contributed by atoms with Crippen molar-refractivity contribution in [2.24, 2.45) is 0 Å². The molecule has 2 aromatic heterocycles. The zero-order valence-electron chi connectivity index (χ0n) is 13.0. The van der Waals surface area contributed by atoms with E-state index >= 15 is 0 Å². The molecule has 8 nitrogen and oxygen atoms in total. The molecule has 0 spiro atoms. The average Bonchev–Trinajstić information content (AvgIpc) is 3.12. The molecule has 0 saturated carbocycles. The lowest BCUT2D eigenvalue weighted by molar-refractivity contribution is -0.114. The number of sulfonamides is 1. The zero-order valence-corrected chi connectivity index (χ0v) is 17.1. The fourth-order valence-electron chi connectivity index (χ4n) is 1.76. The van der Waals surface area contributed by atoms with Gasteiger partial charge in [-0.1, -0.05) is 0 Å². The molecule has 1 amide bonds. The standard InChI is InChI=1S/C13H16BrN3O5S3/c1-7(19)17-13-15-5-10(23-13)2-8-3-11(24-12(8)14)25(21,22)16-4-9(20)6-18/h3,5,9,16,18,20H,2,4,6H2,1H3,(H,15,17,19). The SMILES string of the molecule is CC(=O)Nc1ncc(Cc2cc(S(=O)(=O)NCC(O)CO)sc2Br)s1. The van der Waals surface area contributed by atoms with E-state index in [1.165, 1.54) is 18.3 Å². The summed E-state index contributed by atoms with van der Waals surface area (Å²) in [6.45, 7) is 0.608. The first kappa shape index (κ1) is 20.4. The Kier molecular flexibility index (Phi) is 7.08. The quantitative estimate of drug-likeness (QED) is 0.458. The lowest BCUT2D eigenvalue weighted by Crippen LogP contribution is -2.33. The van der Waals surface area contributed by atoms with Gasteiger partial charge in [0.25, 0.3) is 0 Å². The van der Waals surface area contributed by atoms with Gasteiger partial charge >= 0.3 is 0 Å². The molecule has 0 fully saturated rings. The van der Waals surface area contributed by atoms with Crippen LogP contribution in [0.4, 0.5) is 5.13 Å². The van der Waals surface area contributed by atoms with Gasteiger partial charge in [-0.3, -0.25) is 4.79 Å². The molecule has 4 N–H and O–H groups in total. The summed E-state index contributed by atoms with van der Waals surface area (Å²) < 4.78 is 27.5. The van der Waals surface area contributed by atoms with E-state index in [1.807, 2.05) is 0 Å². The summed E-state index contributed by atoms with van der Waals surface area (Å²) in [7, 11) is -3.77. The number of aromatic nitrogens is 1. The van der Waals surface area contributed by atoms with Gasteiger partial charge in [-0.25, -0.2) is 18.1 Å². The second kappa shape index (κ2) is 8.66. The second-order valence-electron chi connectivity index (χ2n) is 5.04. The molecule has 0 radical (unpaired) electrons. The molecule has 2 aromatic rings. The summed E-state index contributed by atoms with van der Waals surface area (Å²) in [5, 5.41) is 21.1. The molecule has 2 heterocycles. The zero-order chi connectivity index (χ0) is 18.6. The highest BCUT2D eigenvalue weighted by molar-refractivity contribution is 9.11. The maximum atomic E-state index is 12.2. The number of halogens is 1. The number of aliphatic hydroxyl groups is 2. The Morgan fingerprint density at radius 1 is 1.44 bits per heavy atom. The number of nitrogens with one attached hydrogen (secondary N) is 2. The first-order valence-corrected chi connectivity index (χ1v) is 10.9. The Labute approximate surface area is 161 Å². The van der Waals surface area contributed by atoms with Crippen LogP contribution in [0.15, 0.2) is 20.3 Å². The van der Waals surface area contributed by atoms with Crippen molar-refractivity contribution in [3.63, 3.8) is 0 Å². The van der Waals surface area contributed by atoms with E-state index in [9.17, 15) is 18.3 Å². The van der Waals surface area contributed by atoms with Gasteiger partial charge in [0.1, 0.15) is 4.21 Å². The molecule has 0 aliphatic heterocycles. The normalized spacial score (nSPS) is 13.0. The largest absolute Gasteiger partial charge is 0.394 e. The van der Waals surface area contributed by atoms with Crippen LogP contribution >= 0.6 is 38.6 Å². The number of thiophene rings is 1. The van der Waals surface area contributed by atoms with Crippen molar-refractivity contribution in [2.75, 3.05) is 18.5 Å². The van der Waals surface area contributed by atoms with E-state index < -0.39 is 22.7 Å². The molecule has 0 aliphatic rings. The van der Waals surface area contributed by atoms with Crippen LogP contribution in [0, 0.1) is 0 Å². The van der Waals surface area contributed by atoms with Crippen LogP contribution in [0.25, 0.3) is 0 Å². The average molecular weight is 470 g/mol. The summed E-state index contributed by atoms with van der Waals surface area (Å²) >= 11 is 5.73. The van der Waals surface area contributed by atoms with Crippen molar-refractivity contribution in [1.82, 2.24) is 9.71 Å². The fourth-order valence-corrected chi connectivity index (χ4v) is 6.10. The van der Waals surface area contributed by atoms with Gasteiger partial charge in [0, 0.05) is 31.0 Å². The summed E-state index contributed by atoms with van der Waals surface area (Å²) in [6.07, 6.45) is 0.940. The predicted octanol–water partition coefficient (Wildman–Crippen LogP) is 1.15. The number of anilines is 1. The van der Waals surface area contributed by atoms with Gasteiger partial charge in [0.05, 0.1) is 16.5 Å². The van der Waals surface area contributed by atoms with E-state index in [0.717, 1.165) is 21.8 Å². The molecule has 0 saturated heterocycles. The van der Waals surface area contributed by atoms with Crippen LogP contribution < -0.4 is 10.0 Å². The molecule has 138 valence electrons. The van der Waals surface area contributed by atoms with Crippen LogP contribution in [0.1, 0.15) is 17.4 Å². The smallest absolute Gasteiger partial charge is 0.250 e. The van der Waals surface area contributed by atoms with E-state index in [4.69, 9.17) is 5.11 Å². The van der Waals surface area contributed by atoms with E-state index in [0.29, 0.717) is 15.3 Å². The first-order valence-electron chi connectivity index (χ1n) is 7.00. The third kappa shape index (κ3) is 5.81. The number of rotatable bonds is 8. The highest BCUT2D eigenvalue weighted by atomic mass is 79.9. The number of carbonyl (C=O) groups excluding carboxylic acids is 1. The van der Waals surface area contributed by atoms with Gasteiger partial charge in [0.2, 0.25) is 15.9 Å². The van der Waals surface area contributed by atoms with Gasteiger partial charge in [0.15, 0.2) is 5.13 Å². The summed E-state index contributed by atoms with van der Waals surface area (Å²) in [5.41, 5.74) is 0.770. The van der Waals surface area contributed by atoms with Crippen molar-refractivity contribution >= 4 is 59.7 Å². The van der Waals surface area contributed by atoms with Crippen LogP contribution in [0.2, 0.25) is 0 Å². The van der Waals surface area contributed by atoms with Crippen molar-refractivity contribution in [3.8, 4) is 0 Å². The first-order chi connectivity index (χ1) is 11.7. The summed E-state index contributed by atoms with van der Waals surface area (Å²) in [6, 6.07) is 1.54. The lowest BCUT2D eigenvalue weighted by atomic mass is 10.2. The Bertz CT molecular complexity index is 849. The third-order valence-electron chi connectivity index (χ3n) is 2.92. The monoisotopic (exact) mass is 469 g/mol. The van der Waals surface area contributed by atoms with Crippen molar-refractivity contribution in [3.05, 3.63) is 26.5 Å². The van der Waals surface area contributed by atoms with E-state index in [2.05, 4.69) is 31.0 Å². The number of hydrogen-bond acceptors (Lipinski definition) is 8. The minimum Gasteiger partial charge on any atom is -0.394 e. The minimum atomic E-state index is -3.77. The number of carbonyl (C=O) groups is 1. The Balaban J connectivity index is 2.11. The third-order valence-corrected chi connectivity index (χ3v) is 7.69. The summed E-state index contributed by atoms with van der Waals surface area (Å²) in [4.78, 5) is 16.0. The second-order valence-corrected chi connectivity index (χ2v) is 10.5. The Morgan fingerprint density at radius 3 is 2.80 bits per heavy atom. The number of amides is 1. The van der Waals surface area contributed by atoms with Crippen LogP contribution in [0.5, 0.6) is 0 Å². The van der Waals surface area contributed by atoms with Crippen LogP contribution in [-0.4, -0.2) is 48.8 Å². The van der Waals surface area contributed by atoms with E-state index in [-0.39, 0.29) is 16.7 Å². The fraction of sp³-hybridized carbons (Fsp3) is 0.385. The predicted molar refractivity (Wildman–Crippen MR) is 99.5 cm³/mol. The highest BCUT2D eigenvalue weighted by Crippen LogP contribution is 2.34. The van der Waals surface area contributed by atoms with Crippen molar-refractivity contribution < 1.29 is 23.4 Å². The lowest BCUT2D eigenvalue weighted by Gasteiger charge is -2.08. The number of nitrogens with zero attached hydrogens (tertiary/aromatic N) is 1. The molecule has 0 aliphatic carbocycles. The van der Waals surface area contributed by atoms with Gasteiger partial charge in [-0.15, -0.1) is 22.7 Å². The van der Waals surface area contributed by atoms with Gasteiger partial charge in [-0.2, -0.15) is 0 Å². The van der Waals surface area contributed by atoms with Crippen molar-refractivity contribution in [1.29, 1.82) is 0 Å². The van der Waals surface area contributed by atoms with Gasteiger partial charge in [-0.05, 0) is 27.6 Å². The molecule has 0 bridgehead atoms. The van der Waals surface area contributed by atoms with Crippen LogP contribution in [0.3, 0.4) is 0 Å².